The average Bonchev–Trinajstić information content (AvgIpc) is 3.06. The lowest BCUT2D eigenvalue weighted by Gasteiger charge is -2.33. The molecule has 0 radical (unpaired) electrons. The molecular weight excluding hydrogens is 378 g/mol. The van der Waals surface area contributed by atoms with Crippen molar-refractivity contribution in [2.75, 3.05) is 33.7 Å². The van der Waals surface area contributed by atoms with E-state index in [0.717, 1.165) is 34.0 Å². The molecule has 28 heavy (non-hydrogen) atoms. The lowest BCUT2D eigenvalue weighted by atomic mass is 9.96. The van der Waals surface area contributed by atoms with Gasteiger partial charge in [-0.25, -0.2) is 4.98 Å². The van der Waals surface area contributed by atoms with Crippen molar-refractivity contribution < 1.29 is 13.2 Å². The highest BCUT2D eigenvalue weighted by atomic mass is 32.2. The van der Waals surface area contributed by atoms with Gasteiger partial charge in [-0.2, -0.15) is 17.4 Å². The third-order valence-corrected chi connectivity index (χ3v) is 6.64. The smallest absolute Gasteiger partial charge is 0.279 e. The van der Waals surface area contributed by atoms with E-state index in [9.17, 15) is 13.2 Å². The molecule has 0 spiro atoms. The first-order valence-corrected chi connectivity index (χ1v) is 11.1. The molecule has 154 valence electrons. The van der Waals surface area contributed by atoms with Gasteiger partial charge in [0.2, 0.25) is 5.91 Å². The Kier molecular flexibility index (Phi) is 6.07. The molecule has 1 amide bonds. The molecule has 9 heteroatoms. The third-order valence-electron chi connectivity index (χ3n) is 5.17. The minimum atomic E-state index is -3.61. The van der Waals surface area contributed by atoms with E-state index in [1.807, 2.05) is 18.2 Å². The largest absolute Gasteiger partial charge is 0.341 e. The molecular formula is C19H29N5O3S. The third kappa shape index (κ3) is 4.21. The molecule has 2 aromatic rings. The first-order valence-electron chi connectivity index (χ1n) is 9.62. The van der Waals surface area contributed by atoms with Crippen molar-refractivity contribution in [3.63, 3.8) is 0 Å². The van der Waals surface area contributed by atoms with E-state index >= 15 is 0 Å². The molecule has 1 fully saturated rings. The normalized spacial score (nSPS) is 18.4. The van der Waals surface area contributed by atoms with Crippen LogP contribution in [0.3, 0.4) is 0 Å². The summed E-state index contributed by atoms with van der Waals surface area (Å²) in [4.78, 5) is 19.2. The number of benzene rings is 1. The number of amides is 1. The Labute approximate surface area is 166 Å². The van der Waals surface area contributed by atoms with E-state index in [1.54, 1.807) is 4.90 Å². The highest BCUT2D eigenvalue weighted by Crippen LogP contribution is 2.31. The molecule has 1 N–H and O–H groups in total. The number of nitrogens with one attached hydrogen (secondary N) is 1. The summed E-state index contributed by atoms with van der Waals surface area (Å²) in [7, 11) is -0.752. The van der Waals surface area contributed by atoms with E-state index in [1.165, 1.54) is 14.1 Å². The topological polar surface area (TPSA) is 87.5 Å². The molecule has 0 bridgehead atoms. The van der Waals surface area contributed by atoms with E-state index in [2.05, 4.69) is 29.2 Å². The number of aromatic nitrogens is 2. The molecule has 2 heterocycles. The van der Waals surface area contributed by atoms with Crippen molar-refractivity contribution in [1.82, 2.24) is 23.5 Å². The number of hydrogen-bond acceptors (Lipinski definition) is 4. The minimum absolute atomic E-state index is 0.137. The second-order valence-corrected chi connectivity index (χ2v) is 9.68. The van der Waals surface area contributed by atoms with Gasteiger partial charge in [0.25, 0.3) is 10.2 Å². The number of rotatable bonds is 6. The zero-order chi connectivity index (χ0) is 20.5. The first kappa shape index (κ1) is 20.8. The fourth-order valence-corrected chi connectivity index (χ4v) is 4.27. The summed E-state index contributed by atoms with van der Waals surface area (Å²) in [6.07, 6.45) is 1.83. The minimum Gasteiger partial charge on any atom is -0.341 e. The summed E-state index contributed by atoms with van der Waals surface area (Å²) in [6.45, 7) is 5.24. The van der Waals surface area contributed by atoms with Crippen molar-refractivity contribution in [2.45, 2.75) is 38.6 Å². The van der Waals surface area contributed by atoms with Crippen LogP contribution in [-0.2, 0) is 15.0 Å². The van der Waals surface area contributed by atoms with Gasteiger partial charge in [0, 0.05) is 39.1 Å². The van der Waals surface area contributed by atoms with Crippen molar-refractivity contribution in [2.24, 2.45) is 0 Å². The maximum atomic E-state index is 12.6. The number of carbonyl (C=O) groups is 1. The Bertz CT molecular complexity index is 952. The molecule has 0 saturated carbocycles. The molecule has 1 aliphatic heterocycles. The summed E-state index contributed by atoms with van der Waals surface area (Å²) < 4.78 is 29.4. The second-order valence-electron chi connectivity index (χ2n) is 7.71. The number of nitrogens with zero attached hydrogens (tertiary/aromatic N) is 4. The van der Waals surface area contributed by atoms with Crippen LogP contribution in [-0.4, -0.2) is 66.8 Å². The van der Waals surface area contributed by atoms with Crippen molar-refractivity contribution >= 4 is 27.1 Å². The molecule has 1 aromatic heterocycles. The predicted molar refractivity (Wildman–Crippen MR) is 109 cm³/mol. The number of imidazole rings is 1. The lowest BCUT2D eigenvalue weighted by Crippen LogP contribution is -2.46. The van der Waals surface area contributed by atoms with Crippen molar-refractivity contribution in [1.29, 1.82) is 0 Å². The summed E-state index contributed by atoms with van der Waals surface area (Å²) in [5, 5.41) is 0. The van der Waals surface area contributed by atoms with Gasteiger partial charge in [-0.05, 0) is 38.8 Å². The SMILES string of the molecule is CC(C)n1c([C@H]2CCCN(C(=O)CNS(=O)(=O)N(C)C)C2)nc2ccccc21. The number of carbonyl (C=O) groups excluding carboxylic acids is 1. The van der Waals surface area contributed by atoms with E-state index in [0.29, 0.717) is 13.1 Å². The fourth-order valence-electron chi connectivity index (χ4n) is 3.70. The quantitative estimate of drug-likeness (QED) is 0.790. The Balaban J connectivity index is 1.78. The van der Waals surface area contributed by atoms with E-state index < -0.39 is 10.2 Å². The fraction of sp³-hybridized carbons (Fsp3) is 0.579. The van der Waals surface area contributed by atoms with Crippen molar-refractivity contribution in [3.8, 4) is 0 Å². The Hall–Kier alpha value is -1.97. The molecule has 0 aliphatic carbocycles. The van der Waals surface area contributed by atoms with E-state index in [-0.39, 0.29) is 24.4 Å². The van der Waals surface area contributed by atoms with Crippen LogP contribution < -0.4 is 4.72 Å². The average molecular weight is 408 g/mol. The number of hydrogen-bond donors (Lipinski definition) is 1. The number of piperidine rings is 1. The predicted octanol–water partition coefficient (Wildman–Crippen LogP) is 1.72. The Morgan fingerprint density at radius 2 is 2.04 bits per heavy atom. The highest BCUT2D eigenvalue weighted by molar-refractivity contribution is 7.87. The maximum Gasteiger partial charge on any atom is 0.279 e. The van der Waals surface area contributed by atoms with Crippen LogP contribution in [0, 0.1) is 0 Å². The zero-order valence-corrected chi connectivity index (χ0v) is 17.7. The molecule has 8 nitrogen and oxygen atoms in total. The number of fused-ring (bicyclic) bond motifs is 1. The molecule has 1 atom stereocenters. The van der Waals surface area contributed by atoms with Crippen LogP contribution in [0.4, 0.5) is 0 Å². The van der Waals surface area contributed by atoms with Gasteiger partial charge >= 0.3 is 0 Å². The van der Waals surface area contributed by atoms with Gasteiger partial charge in [0.05, 0.1) is 17.6 Å². The molecule has 1 aliphatic rings. The summed E-state index contributed by atoms with van der Waals surface area (Å²) in [5.74, 6) is 0.933. The lowest BCUT2D eigenvalue weighted by molar-refractivity contribution is -0.131. The van der Waals surface area contributed by atoms with Gasteiger partial charge < -0.3 is 9.47 Å². The molecule has 3 rings (SSSR count). The van der Waals surface area contributed by atoms with E-state index in [4.69, 9.17) is 4.98 Å². The summed E-state index contributed by atoms with van der Waals surface area (Å²) in [6, 6.07) is 8.35. The second kappa shape index (κ2) is 8.18. The number of para-hydroxylation sites is 2. The van der Waals surface area contributed by atoms with Crippen LogP contribution in [0.25, 0.3) is 11.0 Å². The Morgan fingerprint density at radius 1 is 1.32 bits per heavy atom. The van der Waals surface area contributed by atoms with Gasteiger partial charge in [0.15, 0.2) is 0 Å². The van der Waals surface area contributed by atoms with Crippen molar-refractivity contribution in [3.05, 3.63) is 30.1 Å². The van der Waals surface area contributed by atoms with Crippen LogP contribution >= 0.6 is 0 Å². The highest BCUT2D eigenvalue weighted by Gasteiger charge is 2.29. The first-order chi connectivity index (χ1) is 13.2. The Morgan fingerprint density at radius 3 is 2.71 bits per heavy atom. The summed E-state index contributed by atoms with van der Waals surface area (Å²) >= 11 is 0. The maximum absolute atomic E-state index is 12.6. The van der Waals surface area contributed by atoms with Gasteiger partial charge in [-0.15, -0.1) is 0 Å². The molecule has 0 unspecified atom stereocenters. The van der Waals surface area contributed by atoms with Crippen LogP contribution in [0.5, 0.6) is 0 Å². The molecule has 1 aromatic carbocycles. The summed E-state index contributed by atoms with van der Waals surface area (Å²) in [5.41, 5.74) is 2.07. The zero-order valence-electron chi connectivity index (χ0n) is 16.9. The van der Waals surface area contributed by atoms with Crippen LogP contribution in [0.2, 0.25) is 0 Å². The standard InChI is InChI=1S/C19H29N5O3S/c1-14(2)24-17-10-6-5-9-16(17)21-19(24)15-8-7-11-23(13-15)18(25)12-20-28(26,27)22(3)4/h5-6,9-10,14-15,20H,7-8,11-13H2,1-4H3/t15-/m0/s1. The number of likely N-dealkylation sites (tertiary alicyclic amines) is 1. The van der Waals surface area contributed by atoms with Gasteiger partial charge in [-0.3, -0.25) is 4.79 Å². The van der Waals surface area contributed by atoms with Crippen LogP contribution in [0.1, 0.15) is 44.5 Å². The monoisotopic (exact) mass is 407 g/mol. The van der Waals surface area contributed by atoms with Gasteiger partial charge in [-0.1, -0.05) is 12.1 Å². The molecule has 1 saturated heterocycles. The van der Waals surface area contributed by atoms with Crippen LogP contribution in [0.15, 0.2) is 24.3 Å². The van der Waals surface area contributed by atoms with Gasteiger partial charge in [0.1, 0.15) is 5.82 Å².